The van der Waals surface area contributed by atoms with Crippen molar-refractivity contribution in [3.63, 3.8) is 0 Å². The summed E-state index contributed by atoms with van der Waals surface area (Å²) in [5, 5.41) is 9.13. The van der Waals surface area contributed by atoms with Gasteiger partial charge in [-0.3, -0.25) is 9.69 Å². The number of ether oxygens (including phenoxy) is 2. The molecule has 1 aromatic carbocycles. The maximum Gasteiger partial charge on any atom is 0.307 e. The van der Waals surface area contributed by atoms with E-state index in [1.807, 2.05) is 31.2 Å². The second-order valence-electron chi connectivity index (χ2n) is 5.60. The molecule has 1 aromatic rings. The van der Waals surface area contributed by atoms with Crippen molar-refractivity contribution in [1.82, 2.24) is 4.90 Å². The quantitative estimate of drug-likeness (QED) is 0.747. The Labute approximate surface area is 131 Å². The molecular weight excluding hydrogens is 282 g/mol. The first-order valence-electron chi connectivity index (χ1n) is 7.93. The Balaban J connectivity index is 1.79. The molecule has 1 aliphatic rings. The van der Waals surface area contributed by atoms with Crippen LogP contribution in [0.25, 0.3) is 0 Å². The average Bonchev–Trinajstić information content (AvgIpc) is 2.53. The van der Waals surface area contributed by atoms with Crippen molar-refractivity contribution in [2.45, 2.75) is 26.3 Å². The fraction of sp³-hybridized carbons (Fsp3) is 0.588. The van der Waals surface area contributed by atoms with Gasteiger partial charge in [-0.1, -0.05) is 12.1 Å². The Morgan fingerprint density at radius 1 is 1.32 bits per heavy atom. The fourth-order valence-electron chi connectivity index (χ4n) is 2.71. The van der Waals surface area contributed by atoms with Crippen LogP contribution < -0.4 is 4.74 Å². The Morgan fingerprint density at radius 3 is 2.77 bits per heavy atom. The molecule has 1 fully saturated rings. The molecule has 5 nitrogen and oxygen atoms in total. The molecule has 0 aromatic heterocycles. The van der Waals surface area contributed by atoms with Crippen LogP contribution in [-0.2, 0) is 16.1 Å². The second kappa shape index (κ2) is 8.76. The van der Waals surface area contributed by atoms with E-state index in [9.17, 15) is 4.79 Å². The summed E-state index contributed by atoms with van der Waals surface area (Å²) in [4.78, 5) is 13.3. The van der Waals surface area contributed by atoms with Crippen molar-refractivity contribution in [1.29, 1.82) is 0 Å². The first-order chi connectivity index (χ1) is 10.7. The van der Waals surface area contributed by atoms with Gasteiger partial charge in [0, 0.05) is 19.7 Å². The van der Waals surface area contributed by atoms with Gasteiger partial charge in [-0.15, -0.1) is 0 Å². The van der Waals surface area contributed by atoms with E-state index in [2.05, 4.69) is 4.90 Å². The van der Waals surface area contributed by atoms with E-state index in [1.165, 1.54) is 5.56 Å². The highest BCUT2D eigenvalue weighted by Gasteiger charge is 2.25. The summed E-state index contributed by atoms with van der Waals surface area (Å²) >= 11 is 0. The molecule has 2 rings (SSSR count). The number of carbonyl (C=O) groups is 1. The van der Waals surface area contributed by atoms with Crippen molar-refractivity contribution in [3.05, 3.63) is 29.8 Å². The second-order valence-corrected chi connectivity index (χ2v) is 5.60. The van der Waals surface area contributed by atoms with E-state index in [0.717, 1.165) is 31.7 Å². The number of carboxylic acids is 1. The topological polar surface area (TPSA) is 59.0 Å². The van der Waals surface area contributed by atoms with E-state index in [-0.39, 0.29) is 5.92 Å². The van der Waals surface area contributed by atoms with Crippen LogP contribution in [0.3, 0.4) is 0 Å². The molecule has 0 spiro atoms. The standard InChI is InChI=1S/C17H25NO4/c1-2-21-10-11-22-16-7-5-14(6-8-16)12-18-9-3-4-15(13-18)17(19)20/h5-8,15H,2-4,9-13H2,1H3,(H,19,20). The summed E-state index contributed by atoms with van der Waals surface area (Å²) in [5.41, 5.74) is 1.18. The molecule has 0 radical (unpaired) electrons. The predicted octanol–water partition coefficient (Wildman–Crippen LogP) is 2.40. The van der Waals surface area contributed by atoms with Crippen molar-refractivity contribution < 1.29 is 19.4 Å². The molecule has 1 atom stereocenters. The van der Waals surface area contributed by atoms with Gasteiger partial charge in [-0.2, -0.15) is 0 Å². The highest BCUT2D eigenvalue weighted by molar-refractivity contribution is 5.70. The lowest BCUT2D eigenvalue weighted by Crippen LogP contribution is -2.38. The Hall–Kier alpha value is -1.59. The van der Waals surface area contributed by atoms with E-state index in [0.29, 0.717) is 26.4 Å². The van der Waals surface area contributed by atoms with Gasteiger partial charge in [0.25, 0.3) is 0 Å². The Kier molecular flexibility index (Phi) is 6.68. The number of hydrogen-bond acceptors (Lipinski definition) is 4. The summed E-state index contributed by atoms with van der Waals surface area (Å²) in [6.45, 7) is 6.23. The number of hydrogen-bond donors (Lipinski definition) is 1. The minimum atomic E-state index is -0.678. The minimum Gasteiger partial charge on any atom is -0.491 e. The maximum atomic E-state index is 11.1. The largest absolute Gasteiger partial charge is 0.491 e. The lowest BCUT2D eigenvalue weighted by molar-refractivity contribution is -0.143. The maximum absolute atomic E-state index is 11.1. The predicted molar refractivity (Wildman–Crippen MR) is 84.1 cm³/mol. The molecule has 1 aliphatic heterocycles. The van der Waals surface area contributed by atoms with Gasteiger partial charge in [0.1, 0.15) is 12.4 Å². The minimum absolute atomic E-state index is 0.227. The molecule has 1 N–H and O–H groups in total. The van der Waals surface area contributed by atoms with Gasteiger partial charge in [-0.25, -0.2) is 0 Å². The summed E-state index contributed by atoms with van der Waals surface area (Å²) in [7, 11) is 0. The molecule has 1 heterocycles. The third-order valence-electron chi connectivity index (χ3n) is 3.88. The van der Waals surface area contributed by atoms with Crippen LogP contribution in [0.1, 0.15) is 25.3 Å². The number of benzene rings is 1. The number of aliphatic carboxylic acids is 1. The SMILES string of the molecule is CCOCCOc1ccc(CN2CCCC(C(=O)O)C2)cc1. The van der Waals surface area contributed by atoms with Crippen molar-refractivity contribution in [2.75, 3.05) is 32.9 Å². The zero-order valence-corrected chi connectivity index (χ0v) is 13.2. The lowest BCUT2D eigenvalue weighted by atomic mass is 9.98. The zero-order valence-electron chi connectivity index (χ0n) is 13.2. The normalized spacial score (nSPS) is 19.0. The molecular formula is C17H25NO4. The molecule has 22 heavy (non-hydrogen) atoms. The molecule has 0 amide bonds. The van der Waals surface area contributed by atoms with E-state index < -0.39 is 5.97 Å². The average molecular weight is 307 g/mol. The summed E-state index contributed by atoms with van der Waals surface area (Å²) in [5.74, 6) is -0.0665. The van der Waals surface area contributed by atoms with Crippen molar-refractivity contribution in [2.24, 2.45) is 5.92 Å². The number of nitrogens with zero attached hydrogens (tertiary/aromatic N) is 1. The van der Waals surface area contributed by atoms with Crippen LogP contribution in [0.2, 0.25) is 0 Å². The van der Waals surface area contributed by atoms with Crippen LogP contribution in [-0.4, -0.2) is 48.9 Å². The lowest BCUT2D eigenvalue weighted by Gasteiger charge is -2.30. The van der Waals surface area contributed by atoms with Crippen LogP contribution in [0.5, 0.6) is 5.75 Å². The summed E-state index contributed by atoms with van der Waals surface area (Å²) in [6.07, 6.45) is 1.74. The van der Waals surface area contributed by atoms with Crippen LogP contribution in [0.4, 0.5) is 0 Å². The van der Waals surface area contributed by atoms with Gasteiger partial charge in [0.05, 0.1) is 12.5 Å². The van der Waals surface area contributed by atoms with Crippen molar-refractivity contribution >= 4 is 5.97 Å². The van der Waals surface area contributed by atoms with Gasteiger partial charge in [0.2, 0.25) is 0 Å². The smallest absolute Gasteiger partial charge is 0.307 e. The van der Waals surface area contributed by atoms with E-state index in [1.54, 1.807) is 0 Å². The van der Waals surface area contributed by atoms with Gasteiger partial charge < -0.3 is 14.6 Å². The van der Waals surface area contributed by atoms with Crippen LogP contribution in [0.15, 0.2) is 24.3 Å². The summed E-state index contributed by atoms with van der Waals surface area (Å²) < 4.78 is 10.8. The molecule has 1 saturated heterocycles. The first-order valence-corrected chi connectivity index (χ1v) is 7.93. The highest BCUT2D eigenvalue weighted by atomic mass is 16.5. The van der Waals surface area contributed by atoms with E-state index >= 15 is 0 Å². The molecule has 0 saturated carbocycles. The van der Waals surface area contributed by atoms with Crippen LogP contribution in [0, 0.1) is 5.92 Å². The third-order valence-corrected chi connectivity index (χ3v) is 3.88. The number of likely N-dealkylation sites (tertiary alicyclic amines) is 1. The highest BCUT2D eigenvalue weighted by Crippen LogP contribution is 2.20. The first kappa shape index (κ1) is 16.8. The fourth-order valence-corrected chi connectivity index (χ4v) is 2.71. The molecule has 1 unspecified atom stereocenters. The van der Waals surface area contributed by atoms with E-state index in [4.69, 9.17) is 14.6 Å². The number of piperidine rings is 1. The number of rotatable bonds is 8. The Morgan fingerprint density at radius 2 is 2.09 bits per heavy atom. The monoisotopic (exact) mass is 307 g/mol. The zero-order chi connectivity index (χ0) is 15.8. The molecule has 5 heteroatoms. The number of carboxylic acid groups (broad SMARTS) is 1. The molecule has 122 valence electrons. The molecule has 0 aliphatic carbocycles. The Bertz CT molecular complexity index is 460. The summed E-state index contributed by atoms with van der Waals surface area (Å²) in [6, 6.07) is 8.00. The molecule has 0 bridgehead atoms. The van der Waals surface area contributed by atoms with Crippen molar-refractivity contribution in [3.8, 4) is 5.75 Å². The third kappa shape index (κ3) is 5.31. The van der Waals surface area contributed by atoms with Crippen LogP contribution >= 0.6 is 0 Å². The van der Waals surface area contributed by atoms with Gasteiger partial charge >= 0.3 is 5.97 Å². The van der Waals surface area contributed by atoms with Gasteiger partial charge in [-0.05, 0) is 44.0 Å². The van der Waals surface area contributed by atoms with Gasteiger partial charge in [0.15, 0.2) is 0 Å².